The third-order valence-corrected chi connectivity index (χ3v) is 2.08. The molecule has 1 rings (SSSR count). The Kier molecular flexibility index (Phi) is 2.29. The Morgan fingerprint density at radius 1 is 1.73 bits per heavy atom. The number of carbonyl (C=O) groups is 1. The van der Waals surface area contributed by atoms with Crippen molar-refractivity contribution in [3.8, 4) is 0 Å². The molecule has 0 fully saturated rings. The van der Waals surface area contributed by atoms with Gasteiger partial charge in [0.2, 0.25) is 0 Å². The molecule has 1 aliphatic carbocycles. The summed E-state index contributed by atoms with van der Waals surface area (Å²) in [6.45, 7) is 1.52. The quantitative estimate of drug-likeness (QED) is 0.594. The molecular weight excluding hydrogens is 144 g/mol. The van der Waals surface area contributed by atoms with Gasteiger partial charge in [0, 0.05) is 0 Å². The Morgan fingerprint density at radius 3 is 2.55 bits per heavy atom. The number of aliphatic hydroxyl groups excluding tert-OH is 1. The van der Waals surface area contributed by atoms with Crippen LogP contribution < -0.4 is 0 Å². The fraction of sp³-hybridized carbons (Fsp3) is 0.625. The van der Waals surface area contributed by atoms with Crippen molar-refractivity contribution < 1.29 is 15.0 Å². The number of rotatable bonds is 3. The van der Waals surface area contributed by atoms with E-state index < -0.39 is 18.0 Å². The first-order chi connectivity index (χ1) is 5.13. The summed E-state index contributed by atoms with van der Waals surface area (Å²) in [7, 11) is 0. The molecule has 0 aromatic carbocycles. The number of carboxylic acids is 1. The molecule has 2 N–H and O–H groups in total. The summed E-state index contributed by atoms with van der Waals surface area (Å²) in [5.41, 5.74) is 0.875. The summed E-state index contributed by atoms with van der Waals surface area (Å²) in [4.78, 5) is 10.4. The van der Waals surface area contributed by atoms with Crippen LogP contribution >= 0.6 is 0 Å². The second-order valence-corrected chi connectivity index (χ2v) is 2.89. The maximum atomic E-state index is 10.4. The summed E-state index contributed by atoms with van der Waals surface area (Å²) >= 11 is 0. The van der Waals surface area contributed by atoms with E-state index in [4.69, 9.17) is 5.11 Å². The summed E-state index contributed by atoms with van der Waals surface area (Å²) in [5, 5.41) is 17.9. The molecule has 0 bridgehead atoms. The van der Waals surface area contributed by atoms with Crippen molar-refractivity contribution >= 4 is 5.97 Å². The fourth-order valence-corrected chi connectivity index (χ4v) is 1.04. The van der Waals surface area contributed by atoms with Gasteiger partial charge >= 0.3 is 5.97 Å². The number of hydrogen-bond acceptors (Lipinski definition) is 2. The number of aliphatic carboxylic acids is 1. The summed E-state index contributed by atoms with van der Waals surface area (Å²) in [5.74, 6) is -1.62. The van der Waals surface area contributed by atoms with Gasteiger partial charge in [-0.1, -0.05) is 6.08 Å². The second kappa shape index (κ2) is 3.05. The minimum absolute atomic E-state index is 0.679. The minimum atomic E-state index is -0.940. The molecule has 0 saturated heterocycles. The molecule has 3 heteroatoms. The highest BCUT2D eigenvalue weighted by atomic mass is 16.4. The largest absolute Gasteiger partial charge is 0.481 e. The Labute approximate surface area is 65.3 Å². The predicted octanol–water partition coefficient (Wildman–Crippen LogP) is 0.788. The van der Waals surface area contributed by atoms with Crippen molar-refractivity contribution in [2.45, 2.75) is 25.9 Å². The molecule has 1 aliphatic rings. The summed E-state index contributed by atoms with van der Waals surface area (Å²) < 4.78 is 0. The average Bonchev–Trinajstić information content (AvgIpc) is 1.82. The molecule has 0 aromatic rings. The Balaban J connectivity index is 2.52. The zero-order valence-corrected chi connectivity index (χ0v) is 6.45. The van der Waals surface area contributed by atoms with Gasteiger partial charge in [-0.25, -0.2) is 0 Å². The van der Waals surface area contributed by atoms with Crippen LogP contribution in [0, 0.1) is 5.92 Å². The first-order valence-corrected chi connectivity index (χ1v) is 3.72. The van der Waals surface area contributed by atoms with E-state index in [1.807, 2.05) is 6.08 Å². The first-order valence-electron chi connectivity index (χ1n) is 3.72. The smallest absolute Gasteiger partial charge is 0.309 e. The Bertz CT molecular complexity index is 196. The molecule has 0 heterocycles. The third kappa shape index (κ3) is 1.60. The van der Waals surface area contributed by atoms with Crippen LogP contribution in [0.2, 0.25) is 0 Å². The van der Waals surface area contributed by atoms with Gasteiger partial charge in [0.25, 0.3) is 0 Å². The molecule has 0 radical (unpaired) electrons. The number of allylic oxidation sites excluding steroid dienone is 1. The van der Waals surface area contributed by atoms with Crippen LogP contribution in [0.25, 0.3) is 0 Å². The lowest BCUT2D eigenvalue weighted by molar-refractivity contribution is -0.144. The highest BCUT2D eigenvalue weighted by molar-refractivity contribution is 5.70. The van der Waals surface area contributed by atoms with Gasteiger partial charge in [-0.3, -0.25) is 4.79 Å². The van der Waals surface area contributed by atoms with Gasteiger partial charge in [0.05, 0.1) is 12.0 Å². The molecule has 0 amide bonds. The van der Waals surface area contributed by atoms with Crippen LogP contribution in [0.5, 0.6) is 0 Å². The summed E-state index contributed by atoms with van der Waals surface area (Å²) in [6, 6.07) is 0. The lowest BCUT2D eigenvalue weighted by Crippen LogP contribution is -2.28. The lowest BCUT2D eigenvalue weighted by atomic mass is 9.87. The lowest BCUT2D eigenvalue weighted by Gasteiger charge is -2.23. The minimum Gasteiger partial charge on any atom is -0.481 e. The van der Waals surface area contributed by atoms with Crippen LogP contribution in [0.4, 0.5) is 0 Å². The van der Waals surface area contributed by atoms with Gasteiger partial charge < -0.3 is 10.2 Å². The summed E-state index contributed by atoms with van der Waals surface area (Å²) in [6.07, 6.45) is 2.93. The van der Waals surface area contributed by atoms with E-state index in [9.17, 15) is 9.90 Å². The van der Waals surface area contributed by atoms with Gasteiger partial charge in [0.1, 0.15) is 0 Å². The number of carboxylic acid groups (broad SMARTS) is 1. The van der Waals surface area contributed by atoms with Crippen LogP contribution in [-0.2, 0) is 4.79 Å². The second-order valence-electron chi connectivity index (χ2n) is 2.89. The van der Waals surface area contributed by atoms with Crippen molar-refractivity contribution in [2.75, 3.05) is 0 Å². The molecule has 2 unspecified atom stereocenters. The SMILES string of the molecule is CC(C(=O)O)C(O)C1=CCC1. The van der Waals surface area contributed by atoms with Crippen LogP contribution in [-0.4, -0.2) is 22.3 Å². The predicted molar refractivity (Wildman–Crippen MR) is 40.1 cm³/mol. The van der Waals surface area contributed by atoms with E-state index in [1.54, 1.807) is 0 Å². The van der Waals surface area contributed by atoms with E-state index in [0.29, 0.717) is 0 Å². The number of hydrogen-bond donors (Lipinski definition) is 2. The normalized spacial score (nSPS) is 21.5. The first kappa shape index (κ1) is 8.27. The molecule has 62 valence electrons. The van der Waals surface area contributed by atoms with E-state index in [1.165, 1.54) is 6.92 Å². The van der Waals surface area contributed by atoms with Crippen molar-refractivity contribution in [3.63, 3.8) is 0 Å². The van der Waals surface area contributed by atoms with Crippen molar-refractivity contribution in [2.24, 2.45) is 5.92 Å². The molecule has 3 nitrogen and oxygen atoms in total. The Hall–Kier alpha value is -0.830. The highest BCUT2D eigenvalue weighted by Crippen LogP contribution is 2.25. The van der Waals surface area contributed by atoms with Crippen LogP contribution in [0.1, 0.15) is 19.8 Å². The molecule has 0 aromatic heterocycles. The highest BCUT2D eigenvalue weighted by Gasteiger charge is 2.26. The number of aliphatic hydroxyl groups is 1. The van der Waals surface area contributed by atoms with E-state index in [2.05, 4.69) is 0 Å². The average molecular weight is 156 g/mol. The van der Waals surface area contributed by atoms with E-state index >= 15 is 0 Å². The molecule has 11 heavy (non-hydrogen) atoms. The van der Waals surface area contributed by atoms with E-state index in [0.717, 1.165) is 18.4 Å². The Morgan fingerprint density at radius 2 is 2.27 bits per heavy atom. The van der Waals surface area contributed by atoms with Gasteiger partial charge in [-0.2, -0.15) is 0 Å². The van der Waals surface area contributed by atoms with Gasteiger partial charge in [-0.05, 0) is 25.3 Å². The van der Waals surface area contributed by atoms with E-state index in [-0.39, 0.29) is 0 Å². The molecular formula is C8H12O3. The topological polar surface area (TPSA) is 57.5 Å². The van der Waals surface area contributed by atoms with Crippen LogP contribution in [0.15, 0.2) is 11.6 Å². The molecule has 0 spiro atoms. The zero-order valence-electron chi connectivity index (χ0n) is 6.45. The zero-order chi connectivity index (χ0) is 8.43. The molecule has 2 atom stereocenters. The molecule has 0 aliphatic heterocycles. The third-order valence-electron chi connectivity index (χ3n) is 2.08. The standard InChI is InChI=1S/C8H12O3/c1-5(8(10)11)7(9)6-3-2-4-6/h3,5,7,9H,2,4H2,1H3,(H,10,11). The van der Waals surface area contributed by atoms with Gasteiger partial charge in [0.15, 0.2) is 0 Å². The monoisotopic (exact) mass is 156 g/mol. The fourth-order valence-electron chi connectivity index (χ4n) is 1.04. The van der Waals surface area contributed by atoms with Crippen molar-refractivity contribution in [1.82, 2.24) is 0 Å². The maximum Gasteiger partial charge on any atom is 0.309 e. The van der Waals surface area contributed by atoms with Crippen molar-refractivity contribution in [1.29, 1.82) is 0 Å². The maximum absolute atomic E-state index is 10.4. The van der Waals surface area contributed by atoms with Crippen LogP contribution in [0.3, 0.4) is 0 Å². The van der Waals surface area contributed by atoms with Crippen molar-refractivity contribution in [3.05, 3.63) is 11.6 Å². The molecule has 0 saturated carbocycles. The van der Waals surface area contributed by atoms with Gasteiger partial charge in [-0.15, -0.1) is 0 Å².